The Labute approximate surface area is 134 Å². The van der Waals surface area contributed by atoms with Crippen molar-refractivity contribution in [3.63, 3.8) is 0 Å². The molecule has 1 aromatic heterocycles. The number of hydrogen-bond donors (Lipinski definition) is 2. The molecule has 0 spiro atoms. The van der Waals surface area contributed by atoms with Crippen molar-refractivity contribution in [2.24, 2.45) is 11.3 Å². The molecule has 3 atom stereocenters. The van der Waals surface area contributed by atoms with Crippen LogP contribution in [0.5, 0.6) is 0 Å². The minimum Gasteiger partial charge on any atom is -0.377 e. The maximum absolute atomic E-state index is 11.1. The van der Waals surface area contributed by atoms with Gasteiger partial charge in [-0.1, -0.05) is 13.8 Å². The number of ether oxygens (including phenoxy) is 1. The summed E-state index contributed by atoms with van der Waals surface area (Å²) in [6.45, 7) is 5.14. The molecule has 3 unspecified atom stereocenters. The summed E-state index contributed by atoms with van der Waals surface area (Å²) in [5, 5.41) is 17.6. The fourth-order valence-corrected chi connectivity index (χ4v) is 3.86. The lowest BCUT2D eigenvalue weighted by Crippen LogP contribution is -2.63. The fraction of sp³-hybridized carbons (Fsp3) is 0.733. The van der Waals surface area contributed by atoms with Crippen LogP contribution in [0.25, 0.3) is 0 Å². The van der Waals surface area contributed by atoms with Crippen molar-refractivity contribution < 1.29 is 9.66 Å². The Balaban J connectivity index is 1.56. The SMILES string of the molecule is CC1(C)C(Nc2ncc([N+](=O)[O-])c(NC3CC3)n2)C2CCOC21. The van der Waals surface area contributed by atoms with Gasteiger partial charge in [-0.3, -0.25) is 10.1 Å². The smallest absolute Gasteiger partial charge is 0.329 e. The van der Waals surface area contributed by atoms with Crippen LogP contribution in [0.1, 0.15) is 33.1 Å². The normalized spacial score (nSPS) is 31.1. The van der Waals surface area contributed by atoms with E-state index in [-0.39, 0.29) is 23.2 Å². The van der Waals surface area contributed by atoms with Crippen molar-refractivity contribution in [3.05, 3.63) is 16.3 Å². The summed E-state index contributed by atoms with van der Waals surface area (Å²) in [6.07, 6.45) is 4.66. The van der Waals surface area contributed by atoms with Crippen LogP contribution in [0, 0.1) is 21.4 Å². The third kappa shape index (κ3) is 2.41. The largest absolute Gasteiger partial charge is 0.377 e. The summed E-state index contributed by atoms with van der Waals surface area (Å²) >= 11 is 0. The van der Waals surface area contributed by atoms with Crippen LogP contribution in [0.3, 0.4) is 0 Å². The van der Waals surface area contributed by atoms with E-state index in [9.17, 15) is 10.1 Å². The van der Waals surface area contributed by atoms with Crippen molar-refractivity contribution >= 4 is 17.5 Å². The Morgan fingerprint density at radius 2 is 2.13 bits per heavy atom. The minimum atomic E-state index is -0.442. The van der Waals surface area contributed by atoms with Crippen molar-refractivity contribution in [2.75, 3.05) is 17.2 Å². The molecule has 124 valence electrons. The molecule has 2 saturated carbocycles. The number of fused-ring (bicyclic) bond motifs is 1. The molecule has 2 aliphatic carbocycles. The minimum absolute atomic E-state index is 0.0103. The van der Waals surface area contributed by atoms with Gasteiger partial charge in [0.25, 0.3) is 0 Å². The first-order valence-corrected chi connectivity index (χ1v) is 8.13. The molecule has 1 saturated heterocycles. The molecule has 3 aliphatic rings. The van der Waals surface area contributed by atoms with Gasteiger partial charge in [0, 0.05) is 30.0 Å². The highest BCUT2D eigenvalue weighted by atomic mass is 16.6. The van der Waals surface area contributed by atoms with Gasteiger partial charge in [0.1, 0.15) is 6.20 Å². The molecule has 4 rings (SSSR count). The standard InChI is InChI=1S/C15H21N5O3/c1-15(2)11(9-5-6-23-12(9)15)18-14-16-7-10(20(21)22)13(19-14)17-8-3-4-8/h7-9,11-12H,3-6H2,1-2H3,(H2,16,17,18,19). The molecule has 8 nitrogen and oxygen atoms in total. The van der Waals surface area contributed by atoms with Crippen LogP contribution in [-0.2, 0) is 4.74 Å². The highest BCUT2D eigenvalue weighted by Gasteiger charge is 2.59. The maximum Gasteiger partial charge on any atom is 0.329 e. The van der Waals surface area contributed by atoms with Crippen molar-refractivity contribution in [3.8, 4) is 0 Å². The summed E-state index contributed by atoms with van der Waals surface area (Å²) in [4.78, 5) is 19.2. The molecule has 0 radical (unpaired) electrons. The quantitative estimate of drug-likeness (QED) is 0.633. The maximum atomic E-state index is 11.1. The lowest BCUT2D eigenvalue weighted by Gasteiger charge is -2.54. The number of nitrogens with one attached hydrogen (secondary N) is 2. The Kier molecular flexibility index (Phi) is 3.19. The fourth-order valence-electron chi connectivity index (χ4n) is 3.86. The van der Waals surface area contributed by atoms with Gasteiger partial charge >= 0.3 is 5.69 Å². The van der Waals surface area contributed by atoms with Crippen molar-refractivity contribution in [2.45, 2.75) is 51.3 Å². The Morgan fingerprint density at radius 3 is 2.83 bits per heavy atom. The van der Waals surface area contributed by atoms with E-state index >= 15 is 0 Å². The molecular weight excluding hydrogens is 298 g/mol. The van der Waals surface area contributed by atoms with Gasteiger partial charge in [-0.05, 0) is 19.3 Å². The average Bonchev–Trinajstić information content (AvgIpc) is 3.19. The predicted molar refractivity (Wildman–Crippen MR) is 84.4 cm³/mol. The Morgan fingerprint density at radius 1 is 1.35 bits per heavy atom. The molecule has 1 aromatic rings. The van der Waals surface area contributed by atoms with Crippen LogP contribution in [0.15, 0.2) is 6.20 Å². The molecule has 2 N–H and O–H groups in total. The molecule has 0 bridgehead atoms. The summed E-state index contributed by atoms with van der Waals surface area (Å²) in [5.41, 5.74) is -0.0616. The second-order valence-electron chi connectivity index (χ2n) is 7.29. The number of hydrogen-bond acceptors (Lipinski definition) is 7. The van der Waals surface area contributed by atoms with E-state index < -0.39 is 4.92 Å². The molecule has 0 aromatic carbocycles. The van der Waals surface area contributed by atoms with E-state index in [1.165, 1.54) is 6.20 Å². The third-order valence-electron chi connectivity index (χ3n) is 5.27. The number of aromatic nitrogens is 2. The zero-order valence-corrected chi connectivity index (χ0v) is 13.3. The van der Waals surface area contributed by atoms with Gasteiger partial charge in [-0.2, -0.15) is 4.98 Å². The second-order valence-corrected chi connectivity index (χ2v) is 7.29. The van der Waals surface area contributed by atoms with E-state index in [1.807, 2.05) is 0 Å². The van der Waals surface area contributed by atoms with E-state index in [2.05, 4.69) is 34.4 Å². The highest BCUT2D eigenvalue weighted by Crippen LogP contribution is 2.53. The molecule has 2 heterocycles. The lowest BCUT2D eigenvalue weighted by molar-refractivity contribution is -0.384. The molecule has 0 amide bonds. The van der Waals surface area contributed by atoms with E-state index in [1.54, 1.807) is 0 Å². The molecule has 23 heavy (non-hydrogen) atoms. The first-order valence-electron chi connectivity index (χ1n) is 8.13. The molecule has 8 heteroatoms. The monoisotopic (exact) mass is 319 g/mol. The van der Waals surface area contributed by atoms with E-state index in [0.29, 0.717) is 23.7 Å². The van der Waals surface area contributed by atoms with Gasteiger partial charge in [0.15, 0.2) is 0 Å². The number of anilines is 2. The van der Waals surface area contributed by atoms with Crippen LogP contribution in [0.2, 0.25) is 0 Å². The topological polar surface area (TPSA) is 102 Å². The van der Waals surface area contributed by atoms with Crippen molar-refractivity contribution in [1.29, 1.82) is 0 Å². The molecule has 3 fully saturated rings. The molecular formula is C15H21N5O3. The van der Waals surface area contributed by atoms with Gasteiger partial charge in [0.05, 0.1) is 11.0 Å². The number of nitro groups is 1. The lowest BCUT2D eigenvalue weighted by atomic mass is 9.57. The number of rotatable bonds is 5. The Bertz CT molecular complexity index is 646. The first-order chi connectivity index (χ1) is 11.0. The van der Waals surface area contributed by atoms with Gasteiger partial charge in [-0.15, -0.1) is 0 Å². The second kappa shape index (κ2) is 5.02. The van der Waals surface area contributed by atoms with E-state index in [4.69, 9.17) is 4.74 Å². The van der Waals surface area contributed by atoms with Gasteiger partial charge in [-0.25, -0.2) is 4.98 Å². The zero-order valence-electron chi connectivity index (χ0n) is 13.3. The first kappa shape index (κ1) is 14.6. The van der Waals surface area contributed by atoms with Gasteiger partial charge in [0.2, 0.25) is 11.8 Å². The van der Waals surface area contributed by atoms with Crippen LogP contribution in [-0.4, -0.2) is 39.7 Å². The Hall–Kier alpha value is -1.96. The van der Waals surface area contributed by atoms with Crippen molar-refractivity contribution in [1.82, 2.24) is 9.97 Å². The summed E-state index contributed by atoms with van der Waals surface area (Å²) in [6, 6.07) is 0.523. The van der Waals surface area contributed by atoms with Crippen LogP contribution in [0.4, 0.5) is 17.5 Å². The van der Waals surface area contributed by atoms with Crippen LogP contribution < -0.4 is 10.6 Å². The van der Waals surface area contributed by atoms with Gasteiger partial charge < -0.3 is 15.4 Å². The highest BCUT2D eigenvalue weighted by molar-refractivity contribution is 5.58. The zero-order chi connectivity index (χ0) is 16.2. The number of nitrogens with zero attached hydrogens (tertiary/aromatic N) is 3. The predicted octanol–water partition coefficient (Wildman–Crippen LogP) is 2.18. The summed E-state index contributed by atoms with van der Waals surface area (Å²) in [7, 11) is 0. The summed E-state index contributed by atoms with van der Waals surface area (Å²) < 4.78 is 5.79. The molecule has 1 aliphatic heterocycles. The van der Waals surface area contributed by atoms with E-state index in [0.717, 1.165) is 25.9 Å². The third-order valence-corrected chi connectivity index (χ3v) is 5.27. The average molecular weight is 319 g/mol. The van der Waals surface area contributed by atoms with Crippen LogP contribution >= 0.6 is 0 Å². The summed E-state index contributed by atoms with van der Waals surface area (Å²) in [5.74, 6) is 1.22.